The molecule has 1 fully saturated rings. The van der Waals surface area contributed by atoms with E-state index in [9.17, 15) is 4.79 Å². The highest BCUT2D eigenvalue weighted by Crippen LogP contribution is 2.30. The molecule has 2 heterocycles. The van der Waals surface area contributed by atoms with Crippen LogP contribution in [-0.2, 0) is 11.2 Å². The number of aryl methyl sites for hydroxylation is 1. The minimum atomic E-state index is -0.285. The van der Waals surface area contributed by atoms with E-state index < -0.39 is 0 Å². The second kappa shape index (κ2) is 6.40. The topological polar surface area (TPSA) is 58.1 Å². The van der Waals surface area contributed by atoms with E-state index in [-0.39, 0.29) is 11.9 Å². The number of hydrogen-bond acceptors (Lipinski definition) is 5. The zero-order valence-electron chi connectivity index (χ0n) is 11.8. The predicted molar refractivity (Wildman–Crippen MR) is 90.1 cm³/mol. The highest BCUT2D eigenvalue weighted by Gasteiger charge is 2.33. The molecule has 1 aromatic carbocycles. The van der Waals surface area contributed by atoms with Gasteiger partial charge in [-0.25, -0.2) is 4.98 Å². The van der Waals surface area contributed by atoms with Gasteiger partial charge in [0.2, 0.25) is 11.0 Å². The Labute approximate surface area is 142 Å². The fourth-order valence-corrected chi connectivity index (χ4v) is 3.32. The average Bonchev–Trinajstić information content (AvgIpc) is 3.10. The van der Waals surface area contributed by atoms with Gasteiger partial charge in [-0.1, -0.05) is 30.1 Å². The monoisotopic (exact) mass is 356 g/mol. The molecule has 1 aromatic heterocycles. The number of carbonyl (C=O) groups is 1. The van der Waals surface area contributed by atoms with Crippen molar-refractivity contribution in [2.45, 2.75) is 25.8 Å². The quantitative estimate of drug-likeness (QED) is 0.908. The fourth-order valence-electron chi connectivity index (χ4n) is 2.33. The van der Waals surface area contributed by atoms with Crippen LogP contribution in [0.5, 0.6) is 0 Å². The maximum Gasteiger partial charge on any atom is 0.249 e. The van der Waals surface area contributed by atoms with Crippen LogP contribution in [0.4, 0.5) is 10.8 Å². The van der Waals surface area contributed by atoms with E-state index in [2.05, 4.69) is 14.7 Å². The Morgan fingerprint density at radius 3 is 2.91 bits per heavy atom. The molecule has 22 heavy (non-hydrogen) atoms. The van der Waals surface area contributed by atoms with Crippen LogP contribution in [0.25, 0.3) is 0 Å². The van der Waals surface area contributed by atoms with E-state index in [1.54, 1.807) is 23.1 Å². The van der Waals surface area contributed by atoms with Crippen molar-refractivity contribution in [3.05, 3.63) is 34.1 Å². The van der Waals surface area contributed by atoms with Gasteiger partial charge in [-0.15, -0.1) is 0 Å². The van der Waals surface area contributed by atoms with Gasteiger partial charge in [0.25, 0.3) is 0 Å². The molecule has 0 spiro atoms. The van der Waals surface area contributed by atoms with Gasteiger partial charge in [0.05, 0.1) is 10.0 Å². The molecule has 5 nitrogen and oxygen atoms in total. The van der Waals surface area contributed by atoms with Crippen LogP contribution < -0.4 is 10.2 Å². The molecular formula is C14H14Cl2N4OS. The van der Waals surface area contributed by atoms with E-state index in [0.29, 0.717) is 28.1 Å². The van der Waals surface area contributed by atoms with Crippen LogP contribution in [0.3, 0.4) is 0 Å². The van der Waals surface area contributed by atoms with Crippen molar-refractivity contribution < 1.29 is 4.79 Å². The molecule has 0 radical (unpaired) electrons. The Hall–Kier alpha value is -1.37. The number of hydrogen-bond donors (Lipinski definition) is 1. The third-order valence-corrected chi connectivity index (χ3v) is 4.93. The predicted octanol–water partition coefficient (Wildman–Crippen LogP) is 3.62. The summed E-state index contributed by atoms with van der Waals surface area (Å²) in [4.78, 5) is 18.6. The summed E-state index contributed by atoms with van der Waals surface area (Å²) in [5.41, 5.74) is 0.759. The summed E-state index contributed by atoms with van der Waals surface area (Å²) in [6.07, 6.45) is 1.49. The highest BCUT2D eigenvalue weighted by molar-refractivity contribution is 7.09. The van der Waals surface area contributed by atoms with Gasteiger partial charge in [0, 0.05) is 30.2 Å². The molecule has 116 valence electrons. The summed E-state index contributed by atoms with van der Waals surface area (Å²) in [5, 5.41) is 4.78. The third kappa shape index (κ3) is 3.04. The first kappa shape index (κ1) is 15.5. The van der Waals surface area contributed by atoms with Crippen LogP contribution in [0, 0.1) is 0 Å². The first-order valence-corrected chi connectivity index (χ1v) is 8.47. The molecule has 0 bridgehead atoms. The lowest BCUT2D eigenvalue weighted by atomic mass is 10.2. The Bertz CT molecular complexity index is 706. The van der Waals surface area contributed by atoms with Gasteiger partial charge in [0.15, 0.2) is 0 Å². The molecule has 1 N–H and O–H groups in total. The number of amides is 1. The molecule has 3 rings (SSSR count). The Balaban J connectivity index is 1.72. The second-order valence-corrected chi connectivity index (χ2v) is 6.51. The first-order chi connectivity index (χ1) is 10.6. The summed E-state index contributed by atoms with van der Waals surface area (Å²) in [5.74, 6) is 0.797. The summed E-state index contributed by atoms with van der Waals surface area (Å²) in [7, 11) is 0. The lowest BCUT2D eigenvalue weighted by molar-refractivity contribution is -0.117. The number of halogens is 2. The molecule has 8 heteroatoms. The van der Waals surface area contributed by atoms with Gasteiger partial charge in [-0.3, -0.25) is 4.79 Å². The number of carbonyl (C=O) groups excluding carboxylic acids is 1. The summed E-state index contributed by atoms with van der Waals surface area (Å²) >= 11 is 13.2. The van der Waals surface area contributed by atoms with Crippen LogP contribution in [-0.4, -0.2) is 27.9 Å². The largest absolute Gasteiger partial charge is 0.348 e. The third-order valence-electron chi connectivity index (χ3n) is 3.50. The summed E-state index contributed by atoms with van der Waals surface area (Å²) in [6, 6.07) is 4.93. The van der Waals surface area contributed by atoms with Gasteiger partial charge in [-0.05, 0) is 24.6 Å². The molecule has 0 saturated carbocycles. The molecular weight excluding hydrogens is 343 g/mol. The van der Waals surface area contributed by atoms with Gasteiger partial charge >= 0.3 is 0 Å². The van der Waals surface area contributed by atoms with Crippen LogP contribution in [0.15, 0.2) is 18.2 Å². The lowest BCUT2D eigenvalue weighted by Gasteiger charge is -2.17. The number of anilines is 2. The summed E-state index contributed by atoms with van der Waals surface area (Å²) < 4.78 is 4.21. The van der Waals surface area contributed by atoms with Crippen molar-refractivity contribution in [3.63, 3.8) is 0 Å². The fraction of sp³-hybridized carbons (Fsp3) is 0.357. The number of rotatable bonds is 4. The van der Waals surface area contributed by atoms with Crippen molar-refractivity contribution in [3.8, 4) is 0 Å². The molecule has 1 aliphatic rings. The van der Waals surface area contributed by atoms with E-state index in [0.717, 1.165) is 17.9 Å². The minimum Gasteiger partial charge on any atom is -0.348 e. The normalized spacial score (nSPS) is 18.0. The van der Waals surface area contributed by atoms with Crippen molar-refractivity contribution in [2.24, 2.45) is 0 Å². The van der Waals surface area contributed by atoms with Gasteiger partial charge in [-0.2, -0.15) is 4.37 Å². The van der Waals surface area contributed by atoms with Crippen LogP contribution >= 0.6 is 34.7 Å². The van der Waals surface area contributed by atoms with Crippen molar-refractivity contribution in [2.75, 3.05) is 16.8 Å². The lowest BCUT2D eigenvalue weighted by Crippen LogP contribution is -2.33. The summed E-state index contributed by atoms with van der Waals surface area (Å²) in [6.45, 7) is 2.63. The maximum absolute atomic E-state index is 12.5. The van der Waals surface area contributed by atoms with Crippen LogP contribution in [0.2, 0.25) is 10.0 Å². The van der Waals surface area contributed by atoms with Gasteiger partial charge in [0.1, 0.15) is 11.9 Å². The molecule has 0 aliphatic carbocycles. The zero-order chi connectivity index (χ0) is 15.7. The van der Waals surface area contributed by atoms with Gasteiger partial charge < -0.3 is 10.2 Å². The van der Waals surface area contributed by atoms with Crippen molar-refractivity contribution >= 4 is 51.5 Å². The smallest absolute Gasteiger partial charge is 0.249 e. The Kier molecular flexibility index (Phi) is 4.52. The first-order valence-electron chi connectivity index (χ1n) is 6.94. The molecule has 1 atom stereocenters. The van der Waals surface area contributed by atoms with E-state index >= 15 is 0 Å². The molecule has 1 unspecified atom stereocenters. The minimum absolute atomic E-state index is 0.00615. The maximum atomic E-state index is 12.5. The van der Waals surface area contributed by atoms with E-state index in [4.69, 9.17) is 23.2 Å². The number of nitrogens with one attached hydrogen (secondary N) is 1. The zero-order valence-corrected chi connectivity index (χ0v) is 14.2. The number of benzene rings is 1. The number of aromatic nitrogens is 2. The molecule has 1 amide bonds. The molecule has 2 aromatic rings. The second-order valence-electron chi connectivity index (χ2n) is 4.94. The standard InChI is InChI=1S/C14H14Cl2N4OS/c1-2-12-18-14(22-19-12)17-11-5-6-20(13(11)21)8-3-4-9(15)10(16)7-8/h3-4,7,11H,2,5-6H2,1H3,(H,17,18,19). The van der Waals surface area contributed by atoms with Crippen molar-refractivity contribution in [1.29, 1.82) is 0 Å². The SMILES string of the molecule is CCc1nsc(NC2CCN(c3ccc(Cl)c(Cl)c3)C2=O)n1. The van der Waals surface area contributed by atoms with E-state index in [1.165, 1.54) is 11.5 Å². The van der Waals surface area contributed by atoms with Crippen LogP contribution in [0.1, 0.15) is 19.2 Å². The number of nitrogens with zero attached hydrogens (tertiary/aromatic N) is 3. The highest BCUT2D eigenvalue weighted by atomic mass is 35.5. The Morgan fingerprint density at radius 2 is 2.23 bits per heavy atom. The average molecular weight is 357 g/mol. The Morgan fingerprint density at radius 1 is 1.41 bits per heavy atom. The van der Waals surface area contributed by atoms with E-state index in [1.807, 2.05) is 6.92 Å². The molecule has 1 saturated heterocycles. The van der Waals surface area contributed by atoms with Crippen molar-refractivity contribution in [1.82, 2.24) is 9.36 Å². The molecule has 1 aliphatic heterocycles.